The van der Waals surface area contributed by atoms with E-state index in [1.807, 2.05) is 18.2 Å². The Bertz CT molecular complexity index is 2290. The van der Waals surface area contributed by atoms with Crippen molar-refractivity contribution in [2.24, 2.45) is 5.92 Å². The fraction of sp³-hybridized carbons (Fsp3) is 0.426. The highest BCUT2D eigenvalue weighted by molar-refractivity contribution is 6.06. The molecular weight excluding hydrogens is 731 g/mol. The van der Waals surface area contributed by atoms with Crippen molar-refractivity contribution < 1.29 is 29.0 Å². The number of piperidine rings is 1. The fourth-order valence-electron chi connectivity index (χ4n) is 11.3. The van der Waals surface area contributed by atoms with Crippen molar-refractivity contribution in [1.82, 2.24) is 15.1 Å². The molecule has 58 heavy (non-hydrogen) atoms. The lowest BCUT2D eigenvalue weighted by atomic mass is 9.69. The SMILES string of the molecule is O=C1CCC(N2Cc3cc4c(cc3C2=O)OC[C@@H]2CN(CC3COC5(C3)CN(c3ccc([C@@H]6c7ccc(O)cc7CC[C@@H]6c6ccccc6)cc3)C5)CCN42)C(=O)N1. The van der Waals surface area contributed by atoms with Crippen LogP contribution in [0, 0.1) is 5.92 Å². The van der Waals surface area contributed by atoms with Crippen LogP contribution in [-0.2, 0) is 27.3 Å². The van der Waals surface area contributed by atoms with Crippen molar-refractivity contribution in [3.63, 3.8) is 0 Å². The van der Waals surface area contributed by atoms with Crippen molar-refractivity contribution in [3.05, 3.63) is 118 Å². The molecule has 0 radical (unpaired) electrons. The largest absolute Gasteiger partial charge is 0.508 e. The number of carbonyl (C=O) groups excluding carboxylic acids is 3. The first-order valence-electron chi connectivity index (χ1n) is 21.1. The number of hydrogen-bond donors (Lipinski definition) is 2. The number of phenolic OH excluding ortho intramolecular Hbond substituents is 1. The standard InChI is InChI=1S/C47H49N5O6/c53-36-11-13-38-32(18-36)8-12-37(30-4-2-1-3-5-30)44(38)31-6-9-34(10-7-31)50-27-47(28-50)21-29(25-58-47)22-49-16-17-51-35(24-49)26-57-42-20-39-33(19-41(42)51)23-52(46(39)56)40-14-15-43(54)48-45(40)55/h1-7,9-11,13,18-20,29,35,37,40,44,53H,8,12,14-17,21-28H2,(H,48,54,55)/t29?,35-,37+,40?,44-/m0/s1. The molecule has 4 fully saturated rings. The van der Waals surface area contributed by atoms with E-state index in [9.17, 15) is 19.5 Å². The van der Waals surface area contributed by atoms with Gasteiger partial charge in [-0.25, -0.2) is 0 Å². The molecule has 0 saturated carbocycles. The molecule has 1 spiro atoms. The Kier molecular flexibility index (Phi) is 8.55. The number of piperazine rings is 1. The maximum Gasteiger partial charge on any atom is 0.255 e. The van der Waals surface area contributed by atoms with Crippen LogP contribution in [0.15, 0.2) is 84.9 Å². The van der Waals surface area contributed by atoms with Crippen LogP contribution in [0.2, 0.25) is 0 Å². The molecule has 7 aliphatic rings. The molecule has 4 saturated heterocycles. The van der Waals surface area contributed by atoms with Gasteiger partial charge in [-0.15, -0.1) is 0 Å². The Morgan fingerprint density at radius 1 is 0.828 bits per heavy atom. The predicted octanol–water partition coefficient (Wildman–Crippen LogP) is 5.19. The Morgan fingerprint density at radius 2 is 1.67 bits per heavy atom. The van der Waals surface area contributed by atoms with E-state index < -0.39 is 11.9 Å². The Morgan fingerprint density at radius 3 is 2.50 bits per heavy atom. The average Bonchev–Trinajstić information content (AvgIpc) is 3.79. The number of amides is 3. The first kappa shape index (κ1) is 35.7. The number of aromatic hydroxyl groups is 1. The molecule has 11 nitrogen and oxygen atoms in total. The predicted molar refractivity (Wildman–Crippen MR) is 218 cm³/mol. The zero-order valence-corrected chi connectivity index (χ0v) is 32.6. The van der Waals surface area contributed by atoms with Crippen LogP contribution < -0.4 is 19.9 Å². The summed E-state index contributed by atoms with van der Waals surface area (Å²) in [5.41, 5.74) is 8.95. The zero-order valence-electron chi connectivity index (χ0n) is 32.6. The first-order valence-corrected chi connectivity index (χ1v) is 21.1. The van der Waals surface area contributed by atoms with E-state index in [4.69, 9.17) is 9.47 Å². The van der Waals surface area contributed by atoms with Gasteiger partial charge in [-0.3, -0.25) is 24.6 Å². The van der Waals surface area contributed by atoms with Gasteiger partial charge in [-0.1, -0.05) is 48.5 Å². The molecule has 6 heterocycles. The van der Waals surface area contributed by atoms with Crippen molar-refractivity contribution >= 4 is 29.1 Å². The number of hydrogen-bond acceptors (Lipinski definition) is 9. The van der Waals surface area contributed by atoms with E-state index in [0.717, 1.165) is 82.1 Å². The van der Waals surface area contributed by atoms with Gasteiger partial charge < -0.3 is 29.3 Å². The molecule has 4 aromatic carbocycles. The number of rotatable bonds is 6. The van der Waals surface area contributed by atoms with E-state index in [0.29, 0.717) is 42.7 Å². The van der Waals surface area contributed by atoms with Gasteiger partial charge in [-0.2, -0.15) is 0 Å². The van der Waals surface area contributed by atoms with Gasteiger partial charge in [0.25, 0.3) is 5.91 Å². The quantitative estimate of drug-likeness (QED) is 0.255. The van der Waals surface area contributed by atoms with Crippen molar-refractivity contribution in [3.8, 4) is 11.5 Å². The molecule has 2 N–H and O–H groups in total. The highest BCUT2D eigenvalue weighted by Crippen LogP contribution is 2.48. The summed E-state index contributed by atoms with van der Waals surface area (Å²) in [6.07, 6.45) is 3.68. The third kappa shape index (κ3) is 6.12. The Hall–Kier alpha value is -5.39. The molecule has 11 heteroatoms. The minimum Gasteiger partial charge on any atom is -0.508 e. The second-order valence-corrected chi connectivity index (χ2v) is 17.7. The van der Waals surface area contributed by atoms with E-state index in [1.165, 1.54) is 27.9 Å². The summed E-state index contributed by atoms with van der Waals surface area (Å²) in [6.45, 7) is 7.30. The molecule has 0 aromatic heterocycles. The molecule has 0 bridgehead atoms. The summed E-state index contributed by atoms with van der Waals surface area (Å²) in [5.74, 6) is 1.34. The van der Waals surface area contributed by atoms with Crippen LogP contribution in [0.3, 0.4) is 0 Å². The van der Waals surface area contributed by atoms with E-state index >= 15 is 0 Å². The molecule has 2 unspecified atom stereocenters. The van der Waals surface area contributed by atoms with E-state index in [1.54, 1.807) is 4.90 Å². The van der Waals surface area contributed by atoms with E-state index in [-0.39, 0.29) is 35.8 Å². The monoisotopic (exact) mass is 779 g/mol. The fourth-order valence-corrected chi connectivity index (χ4v) is 11.3. The summed E-state index contributed by atoms with van der Waals surface area (Å²) in [4.78, 5) is 46.7. The highest BCUT2D eigenvalue weighted by Gasteiger charge is 2.50. The topological polar surface area (TPSA) is 115 Å². The second-order valence-electron chi connectivity index (χ2n) is 17.7. The lowest BCUT2D eigenvalue weighted by Crippen LogP contribution is -2.62. The maximum atomic E-state index is 13.4. The first-order chi connectivity index (χ1) is 28.3. The molecule has 298 valence electrons. The van der Waals surface area contributed by atoms with Gasteiger partial charge in [0, 0.05) is 69.4 Å². The second kappa shape index (κ2) is 13.9. The van der Waals surface area contributed by atoms with Gasteiger partial charge in [-0.05, 0) is 102 Å². The Balaban J connectivity index is 0.707. The average molecular weight is 780 g/mol. The number of carbonyl (C=O) groups is 3. The summed E-state index contributed by atoms with van der Waals surface area (Å²) >= 11 is 0. The highest BCUT2D eigenvalue weighted by atomic mass is 16.5. The summed E-state index contributed by atoms with van der Waals surface area (Å²) in [6, 6.07) is 29.5. The summed E-state index contributed by atoms with van der Waals surface area (Å²) in [5, 5.41) is 12.6. The number of nitrogens with zero attached hydrogens (tertiary/aromatic N) is 4. The number of phenols is 1. The number of benzene rings is 4. The van der Waals surface area contributed by atoms with Crippen LogP contribution >= 0.6 is 0 Å². The van der Waals surface area contributed by atoms with Crippen LogP contribution in [0.5, 0.6) is 11.5 Å². The van der Waals surface area contributed by atoms with Crippen LogP contribution in [0.4, 0.5) is 11.4 Å². The number of fused-ring (bicyclic) bond motifs is 5. The summed E-state index contributed by atoms with van der Waals surface area (Å²) in [7, 11) is 0. The van der Waals surface area contributed by atoms with Gasteiger partial charge in [0.1, 0.15) is 29.7 Å². The molecule has 1 aliphatic carbocycles. The molecule has 4 aromatic rings. The number of imide groups is 1. The lowest BCUT2D eigenvalue weighted by Gasteiger charge is -2.49. The number of nitrogens with one attached hydrogen (secondary N) is 1. The van der Waals surface area contributed by atoms with Crippen molar-refractivity contribution in [2.45, 2.75) is 68.2 Å². The smallest absolute Gasteiger partial charge is 0.255 e. The minimum atomic E-state index is -0.628. The molecule has 5 atom stereocenters. The van der Waals surface area contributed by atoms with Gasteiger partial charge >= 0.3 is 0 Å². The summed E-state index contributed by atoms with van der Waals surface area (Å²) < 4.78 is 12.9. The normalized spacial score (nSPS) is 27.3. The Labute approximate surface area is 338 Å². The number of ether oxygens (including phenoxy) is 2. The zero-order chi connectivity index (χ0) is 39.1. The molecule has 11 rings (SSSR count). The molecular formula is C47H49N5O6. The van der Waals surface area contributed by atoms with E-state index in [2.05, 4.69) is 86.7 Å². The third-order valence-corrected chi connectivity index (χ3v) is 14.1. The van der Waals surface area contributed by atoms with Crippen molar-refractivity contribution in [1.29, 1.82) is 0 Å². The van der Waals surface area contributed by atoms with Crippen LogP contribution in [0.1, 0.15) is 75.7 Å². The van der Waals surface area contributed by atoms with Gasteiger partial charge in [0.05, 0.1) is 18.3 Å². The minimum absolute atomic E-state index is 0.0830. The molecule has 3 amide bonds. The molecule has 6 aliphatic heterocycles. The van der Waals surface area contributed by atoms with Crippen LogP contribution in [-0.4, -0.2) is 103 Å². The maximum absolute atomic E-state index is 13.4. The number of aryl methyl sites for hydroxylation is 1. The van der Waals surface area contributed by atoms with Gasteiger partial charge in [0.2, 0.25) is 11.8 Å². The number of anilines is 2. The van der Waals surface area contributed by atoms with Crippen molar-refractivity contribution in [2.75, 3.05) is 62.3 Å². The lowest BCUT2D eigenvalue weighted by molar-refractivity contribution is -0.136. The van der Waals surface area contributed by atoms with Gasteiger partial charge in [0.15, 0.2) is 0 Å². The third-order valence-electron chi connectivity index (χ3n) is 14.1. The van der Waals surface area contributed by atoms with Crippen LogP contribution in [0.25, 0.3) is 0 Å².